The summed E-state index contributed by atoms with van der Waals surface area (Å²) in [7, 11) is 0. The van der Waals surface area contributed by atoms with Crippen molar-refractivity contribution in [3.05, 3.63) is 394 Å². The number of para-hydroxylation sites is 12. The summed E-state index contributed by atoms with van der Waals surface area (Å²) < 4.78 is 7.24. The molecular weight excluding hydrogens is 1230 g/mol. The lowest BCUT2D eigenvalue weighted by Crippen LogP contribution is -2.14. The first-order valence-electron chi connectivity index (χ1n) is 34.1. The Bertz CT molecular complexity index is 5340. The van der Waals surface area contributed by atoms with Gasteiger partial charge in [-0.05, 0) is 176 Å². The molecule has 0 spiro atoms. The first kappa shape index (κ1) is 59.7. The summed E-state index contributed by atoms with van der Waals surface area (Å²) in [6, 6.07) is 140. The van der Waals surface area contributed by atoms with Crippen molar-refractivity contribution >= 4 is 112 Å². The van der Waals surface area contributed by atoms with Crippen LogP contribution in [-0.2, 0) is 0 Å². The van der Waals surface area contributed by atoms with E-state index >= 15 is 0 Å². The van der Waals surface area contributed by atoms with Crippen LogP contribution in [0.4, 0.5) is 68.2 Å². The average Bonchev–Trinajstić information content (AvgIpc) is 1.52. The van der Waals surface area contributed by atoms with Gasteiger partial charge in [0.1, 0.15) is 5.52 Å². The predicted octanol–water partition coefficient (Wildman–Crippen LogP) is 24.7. The van der Waals surface area contributed by atoms with Crippen molar-refractivity contribution in [3.63, 3.8) is 0 Å². The van der Waals surface area contributed by atoms with Crippen molar-refractivity contribution in [2.75, 3.05) is 19.6 Å². The van der Waals surface area contributed by atoms with Gasteiger partial charge in [0, 0.05) is 102 Å². The van der Waals surface area contributed by atoms with Crippen LogP contribution >= 0.6 is 0 Å². The fourth-order valence-electron chi connectivity index (χ4n) is 14.6. The topological polar surface area (TPSA) is 53.5 Å². The van der Waals surface area contributed by atoms with Crippen LogP contribution in [0.3, 0.4) is 0 Å². The largest absolute Gasteiger partial charge is 0.310 e. The van der Waals surface area contributed by atoms with Crippen molar-refractivity contribution in [2.24, 2.45) is 0 Å². The standard InChI is InChI=1S/C92H65N9/c1-11-35-68(36-12-1)95(69-37-13-2-14-38-69)78-59-66(60-79(63-78)96(70-39-15-3-16-40-70)71-41-17-4-18-42-71)84-65-85(67-61-80(97(72-43-19-5-20-44-72)73-45-21-6-22-46-73)64-81(62-67)98(74-47-23-7-24-48-74)75-49-25-8-26-50-75)94-92(93-84)101-87-58-34-32-56-83(87)89-91(101)90-88(100(89)77-53-29-10-30-54-77)82-55-31-33-57-86(82)99(90)76-51-27-9-28-52-76/h1-65H. The summed E-state index contributed by atoms with van der Waals surface area (Å²) in [4.78, 5) is 21.6. The molecule has 0 unspecified atom stereocenters. The molecule has 9 nitrogen and oxygen atoms in total. The normalized spacial score (nSPS) is 11.4. The van der Waals surface area contributed by atoms with E-state index in [2.05, 4.69) is 428 Å². The third kappa shape index (κ3) is 11.0. The van der Waals surface area contributed by atoms with E-state index in [9.17, 15) is 0 Å². The fourth-order valence-corrected chi connectivity index (χ4v) is 14.6. The van der Waals surface area contributed by atoms with Gasteiger partial charge in [0.25, 0.3) is 0 Å². The number of hydrogen-bond acceptors (Lipinski definition) is 6. The molecule has 101 heavy (non-hydrogen) atoms. The Morgan fingerprint density at radius 1 is 0.188 bits per heavy atom. The highest BCUT2D eigenvalue weighted by Crippen LogP contribution is 2.49. The molecule has 0 aliphatic heterocycles. The molecule has 4 heterocycles. The number of hydrogen-bond donors (Lipinski definition) is 0. The van der Waals surface area contributed by atoms with E-state index in [0.717, 1.165) is 135 Å². The second-order valence-electron chi connectivity index (χ2n) is 25.0. The number of rotatable bonds is 17. The first-order valence-corrected chi connectivity index (χ1v) is 34.1. The van der Waals surface area contributed by atoms with Gasteiger partial charge in [0.2, 0.25) is 5.95 Å². The number of aromatic nitrogens is 5. The highest BCUT2D eigenvalue weighted by molar-refractivity contribution is 6.25. The third-order valence-corrected chi connectivity index (χ3v) is 18.9. The minimum Gasteiger partial charge on any atom is -0.310 e. The number of fused-ring (bicyclic) bond motifs is 7. The summed E-state index contributed by atoms with van der Waals surface area (Å²) in [5.41, 5.74) is 23.2. The number of anilines is 12. The molecule has 0 bridgehead atoms. The molecule has 14 aromatic carbocycles. The lowest BCUT2D eigenvalue weighted by atomic mass is 10.0. The van der Waals surface area contributed by atoms with E-state index in [-0.39, 0.29) is 0 Å². The van der Waals surface area contributed by atoms with Crippen molar-refractivity contribution < 1.29 is 0 Å². The Morgan fingerprint density at radius 3 is 0.723 bits per heavy atom. The van der Waals surface area contributed by atoms with Gasteiger partial charge < -0.3 is 28.7 Å². The van der Waals surface area contributed by atoms with E-state index in [1.54, 1.807) is 0 Å². The van der Waals surface area contributed by atoms with Crippen LogP contribution in [0, 0.1) is 0 Å². The van der Waals surface area contributed by atoms with E-state index in [1.165, 1.54) is 0 Å². The first-order chi connectivity index (χ1) is 50.1. The Labute approximate surface area is 586 Å². The maximum atomic E-state index is 6.09. The Kier molecular flexibility index (Phi) is 15.4. The van der Waals surface area contributed by atoms with Gasteiger partial charge in [0.15, 0.2) is 0 Å². The second kappa shape index (κ2) is 26.0. The van der Waals surface area contributed by atoms with Gasteiger partial charge in [-0.1, -0.05) is 218 Å². The molecule has 9 heteroatoms. The molecule has 0 fully saturated rings. The summed E-state index contributed by atoms with van der Waals surface area (Å²) in [5.74, 6) is 0.497. The van der Waals surface area contributed by atoms with Crippen LogP contribution < -0.4 is 19.6 Å². The van der Waals surface area contributed by atoms with E-state index < -0.39 is 0 Å². The zero-order chi connectivity index (χ0) is 67.0. The molecule has 0 N–H and O–H groups in total. The minimum absolute atomic E-state index is 0.497. The monoisotopic (exact) mass is 1300 g/mol. The maximum Gasteiger partial charge on any atom is 0.235 e. The number of benzene rings is 14. The maximum absolute atomic E-state index is 6.09. The number of nitrogens with zero attached hydrogens (tertiary/aromatic N) is 9. The third-order valence-electron chi connectivity index (χ3n) is 18.9. The predicted molar refractivity (Wildman–Crippen MR) is 420 cm³/mol. The quantitative estimate of drug-likeness (QED) is 0.0906. The SMILES string of the molecule is c1ccc(N(c2ccccc2)c2cc(-c3cc(-c4cc(N(c5ccccc5)c5ccccc5)cc(N(c5ccccc5)c5ccccc5)c4)nc(-n4c5ccccc5c5c4c4c(c6ccccc6n4-c4ccccc4)n5-c4ccccc4)n3)cc(N(c3ccccc3)c3ccccc3)c2)cc1. The lowest BCUT2D eigenvalue weighted by molar-refractivity contribution is 0.995. The van der Waals surface area contributed by atoms with E-state index in [0.29, 0.717) is 17.3 Å². The Balaban J connectivity index is 1.000. The molecule has 18 aromatic rings. The molecule has 478 valence electrons. The zero-order valence-electron chi connectivity index (χ0n) is 55.1. The van der Waals surface area contributed by atoms with Gasteiger partial charge in [0.05, 0.1) is 39.0 Å². The van der Waals surface area contributed by atoms with Gasteiger partial charge in [-0.25, -0.2) is 9.97 Å². The Morgan fingerprint density at radius 2 is 0.426 bits per heavy atom. The van der Waals surface area contributed by atoms with Gasteiger partial charge in [-0.15, -0.1) is 0 Å². The molecule has 0 saturated carbocycles. The fraction of sp³-hybridized carbons (Fsp3) is 0. The smallest absolute Gasteiger partial charge is 0.235 e. The highest BCUT2D eigenvalue weighted by Gasteiger charge is 2.31. The molecular formula is C92H65N9. The van der Waals surface area contributed by atoms with Crippen LogP contribution in [0.2, 0.25) is 0 Å². The van der Waals surface area contributed by atoms with Crippen LogP contribution in [0.25, 0.3) is 83.7 Å². The van der Waals surface area contributed by atoms with Gasteiger partial charge in [-0.3, -0.25) is 4.57 Å². The van der Waals surface area contributed by atoms with Crippen LogP contribution in [0.15, 0.2) is 394 Å². The molecule has 0 aliphatic carbocycles. The summed E-state index contributed by atoms with van der Waals surface area (Å²) in [5, 5.41) is 2.18. The summed E-state index contributed by atoms with van der Waals surface area (Å²) >= 11 is 0. The van der Waals surface area contributed by atoms with Gasteiger partial charge >= 0.3 is 0 Å². The Hall–Kier alpha value is -13.8. The van der Waals surface area contributed by atoms with Crippen molar-refractivity contribution in [3.8, 4) is 39.8 Å². The second-order valence-corrected chi connectivity index (χ2v) is 25.0. The van der Waals surface area contributed by atoms with E-state index in [1.807, 2.05) is 0 Å². The molecule has 0 aliphatic rings. The molecule has 4 aromatic heterocycles. The average molecular weight is 1300 g/mol. The van der Waals surface area contributed by atoms with Gasteiger partial charge in [-0.2, -0.15) is 0 Å². The molecule has 0 radical (unpaired) electrons. The summed E-state index contributed by atoms with van der Waals surface area (Å²) in [6.45, 7) is 0. The van der Waals surface area contributed by atoms with Crippen LogP contribution in [-0.4, -0.2) is 23.7 Å². The van der Waals surface area contributed by atoms with Crippen LogP contribution in [0.5, 0.6) is 0 Å². The van der Waals surface area contributed by atoms with Crippen LogP contribution in [0.1, 0.15) is 0 Å². The van der Waals surface area contributed by atoms with Crippen molar-refractivity contribution in [1.29, 1.82) is 0 Å². The van der Waals surface area contributed by atoms with Crippen molar-refractivity contribution in [1.82, 2.24) is 23.7 Å². The zero-order valence-corrected chi connectivity index (χ0v) is 55.1. The van der Waals surface area contributed by atoms with Crippen molar-refractivity contribution in [2.45, 2.75) is 0 Å². The molecule has 0 atom stereocenters. The minimum atomic E-state index is 0.497. The lowest BCUT2D eigenvalue weighted by Gasteiger charge is -2.30. The molecule has 18 rings (SSSR count). The molecule has 0 amide bonds. The summed E-state index contributed by atoms with van der Waals surface area (Å²) in [6.07, 6.45) is 0. The molecule has 0 saturated heterocycles. The van der Waals surface area contributed by atoms with E-state index in [4.69, 9.17) is 9.97 Å². The highest BCUT2D eigenvalue weighted by atomic mass is 15.2.